The molecule has 0 rings (SSSR count). The van der Waals surface area contributed by atoms with Gasteiger partial charge in [0, 0.05) is 12.0 Å². The molecular formula is C8H18ClNO2. The van der Waals surface area contributed by atoms with Crippen LogP contribution in [0.4, 0.5) is 0 Å². The molecule has 0 aromatic carbocycles. The Bertz CT molecular complexity index is 135. The third kappa shape index (κ3) is 5.38. The minimum atomic E-state index is -0.762. The summed E-state index contributed by atoms with van der Waals surface area (Å²) < 4.78 is 0. The number of carboxylic acid groups (broad SMARTS) is 1. The molecule has 0 saturated carbocycles. The quantitative estimate of drug-likeness (QED) is 0.703. The lowest BCUT2D eigenvalue weighted by Crippen LogP contribution is -2.38. The zero-order chi connectivity index (χ0) is 8.91. The molecular weight excluding hydrogens is 178 g/mol. The summed E-state index contributed by atoms with van der Waals surface area (Å²) in [5.74, 6) is -0.762. The standard InChI is InChI=1S/C8H17NO2.ClH/c1-3-8(9,4-2)6-5-7(10)11;/h3-6,9H2,1-2H3,(H,10,11);1H. The first-order valence-electron chi connectivity index (χ1n) is 4.04. The van der Waals surface area contributed by atoms with Gasteiger partial charge in [0.05, 0.1) is 0 Å². The zero-order valence-electron chi connectivity index (χ0n) is 7.67. The van der Waals surface area contributed by atoms with Gasteiger partial charge in [-0.25, -0.2) is 0 Å². The molecule has 0 saturated heterocycles. The summed E-state index contributed by atoms with van der Waals surface area (Å²) in [6.07, 6.45) is 2.45. The van der Waals surface area contributed by atoms with Crippen LogP contribution in [0, 0.1) is 0 Å². The predicted octanol–water partition coefficient (Wildman–Crippen LogP) is 1.79. The van der Waals surface area contributed by atoms with Crippen LogP contribution in [-0.4, -0.2) is 16.6 Å². The normalized spacial score (nSPS) is 10.6. The van der Waals surface area contributed by atoms with Crippen molar-refractivity contribution in [2.75, 3.05) is 0 Å². The van der Waals surface area contributed by atoms with Gasteiger partial charge < -0.3 is 10.8 Å². The highest BCUT2D eigenvalue weighted by Gasteiger charge is 2.20. The van der Waals surface area contributed by atoms with E-state index in [2.05, 4.69) is 0 Å². The van der Waals surface area contributed by atoms with Gasteiger partial charge in [0.2, 0.25) is 0 Å². The summed E-state index contributed by atoms with van der Waals surface area (Å²) in [6, 6.07) is 0. The average molecular weight is 196 g/mol. The number of halogens is 1. The third-order valence-electron chi connectivity index (χ3n) is 2.25. The molecule has 0 aliphatic rings. The molecule has 4 heteroatoms. The maximum atomic E-state index is 10.2. The monoisotopic (exact) mass is 195 g/mol. The largest absolute Gasteiger partial charge is 0.481 e. The van der Waals surface area contributed by atoms with E-state index >= 15 is 0 Å². The molecule has 0 aliphatic carbocycles. The van der Waals surface area contributed by atoms with Crippen molar-refractivity contribution in [2.45, 2.75) is 45.1 Å². The lowest BCUT2D eigenvalue weighted by molar-refractivity contribution is -0.137. The Labute approximate surface area is 79.7 Å². The van der Waals surface area contributed by atoms with Crippen molar-refractivity contribution in [2.24, 2.45) is 5.73 Å². The molecule has 3 nitrogen and oxygen atoms in total. The number of aliphatic carboxylic acids is 1. The van der Waals surface area contributed by atoms with Crippen LogP contribution >= 0.6 is 12.4 Å². The molecule has 0 fully saturated rings. The second-order valence-electron chi connectivity index (χ2n) is 2.96. The lowest BCUT2D eigenvalue weighted by atomic mass is 9.89. The van der Waals surface area contributed by atoms with Crippen molar-refractivity contribution in [3.63, 3.8) is 0 Å². The van der Waals surface area contributed by atoms with Gasteiger partial charge in [-0.2, -0.15) is 0 Å². The summed E-state index contributed by atoms with van der Waals surface area (Å²) in [5, 5.41) is 8.41. The highest BCUT2D eigenvalue weighted by molar-refractivity contribution is 5.85. The van der Waals surface area contributed by atoms with Crippen LogP contribution in [0.25, 0.3) is 0 Å². The highest BCUT2D eigenvalue weighted by atomic mass is 35.5. The molecule has 3 N–H and O–H groups in total. The fourth-order valence-electron chi connectivity index (χ4n) is 0.959. The Balaban J connectivity index is 0. The summed E-state index contributed by atoms with van der Waals surface area (Å²) >= 11 is 0. The first-order chi connectivity index (χ1) is 5.04. The Morgan fingerprint density at radius 2 is 1.83 bits per heavy atom. The molecule has 0 aliphatic heterocycles. The van der Waals surface area contributed by atoms with E-state index in [1.165, 1.54) is 0 Å². The first kappa shape index (κ1) is 14.3. The molecule has 0 bridgehead atoms. The van der Waals surface area contributed by atoms with Crippen molar-refractivity contribution >= 4 is 18.4 Å². The summed E-state index contributed by atoms with van der Waals surface area (Å²) in [6.45, 7) is 3.98. The van der Waals surface area contributed by atoms with E-state index in [-0.39, 0.29) is 24.4 Å². The zero-order valence-corrected chi connectivity index (χ0v) is 8.49. The van der Waals surface area contributed by atoms with Gasteiger partial charge in [0.25, 0.3) is 0 Å². The van der Waals surface area contributed by atoms with Crippen LogP contribution in [0.15, 0.2) is 0 Å². The Hall–Kier alpha value is -0.280. The minimum Gasteiger partial charge on any atom is -0.481 e. The highest BCUT2D eigenvalue weighted by Crippen LogP contribution is 2.17. The minimum absolute atomic E-state index is 0. The van der Waals surface area contributed by atoms with Crippen molar-refractivity contribution in [3.05, 3.63) is 0 Å². The van der Waals surface area contributed by atoms with E-state index in [0.717, 1.165) is 12.8 Å². The summed E-state index contributed by atoms with van der Waals surface area (Å²) in [4.78, 5) is 10.2. The van der Waals surface area contributed by atoms with Gasteiger partial charge in [-0.3, -0.25) is 4.79 Å². The van der Waals surface area contributed by atoms with E-state index in [1.54, 1.807) is 0 Å². The third-order valence-corrected chi connectivity index (χ3v) is 2.25. The average Bonchev–Trinajstić information content (AvgIpc) is 2.00. The molecule has 74 valence electrons. The maximum absolute atomic E-state index is 10.2. The molecule has 0 unspecified atom stereocenters. The second-order valence-corrected chi connectivity index (χ2v) is 2.96. The Morgan fingerprint density at radius 1 is 1.42 bits per heavy atom. The smallest absolute Gasteiger partial charge is 0.303 e. The number of carbonyl (C=O) groups is 1. The number of hydrogen-bond acceptors (Lipinski definition) is 2. The van der Waals surface area contributed by atoms with Crippen LogP contribution < -0.4 is 5.73 Å². The van der Waals surface area contributed by atoms with Crippen LogP contribution in [0.3, 0.4) is 0 Å². The van der Waals surface area contributed by atoms with E-state index < -0.39 is 5.97 Å². The van der Waals surface area contributed by atoms with Crippen molar-refractivity contribution in [1.29, 1.82) is 0 Å². The van der Waals surface area contributed by atoms with E-state index in [4.69, 9.17) is 10.8 Å². The number of rotatable bonds is 5. The molecule has 0 spiro atoms. The molecule has 12 heavy (non-hydrogen) atoms. The van der Waals surface area contributed by atoms with Gasteiger partial charge in [0.15, 0.2) is 0 Å². The van der Waals surface area contributed by atoms with E-state index in [1.807, 2.05) is 13.8 Å². The van der Waals surface area contributed by atoms with E-state index in [9.17, 15) is 4.79 Å². The molecule has 0 aromatic heterocycles. The maximum Gasteiger partial charge on any atom is 0.303 e. The van der Waals surface area contributed by atoms with Crippen molar-refractivity contribution in [3.8, 4) is 0 Å². The summed E-state index contributed by atoms with van der Waals surface area (Å²) in [5.41, 5.74) is 5.62. The molecule has 0 heterocycles. The molecule has 0 atom stereocenters. The molecule has 0 radical (unpaired) electrons. The van der Waals surface area contributed by atoms with Gasteiger partial charge in [-0.1, -0.05) is 13.8 Å². The van der Waals surface area contributed by atoms with Gasteiger partial charge in [-0.15, -0.1) is 12.4 Å². The SMILES string of the molecule is CCC(N)(CC)CCC(=O)O.Cl. The number of hydrogen-bond donors (Lipinski definition) is 2. The van der Waals surface area contributed by atoms with Gasteiger partial charge in [0.1, 0.15) is 0 Å². The fourth-order valence-corrected chi connectivity index (χ4v) is 0.959. The Morgan fingerprint density at radius 3 is 2.08 bits per heavy atom. The second kappa shape index (κ2) is 6.26. The summed E-state index contributed by atoms with van der Waals surface area (Å²) in [7, 11) is 0. The number of carboxylic acids is 1. The van der Waals surface area contributed by atoms with Crippen LogP contribution in [0.1, 0.15) is 39.5 Å². The lowest BCUT2D eigenvalue weighted by Gasteiger charge is -2.25. The van der Waals surface area contributed by atoms with E-state index in [0.29, 0.717) is 6.42 Å². The topological polar surface area (TPSA) is 63.3 Å². The van der Waals surface area contributed by atoms with Crippen LogP contribution in [-0.2, 0) is 4.79 Å². The van der Waals surface area contributed by atoms with Gasteiger partial charge in [-0.05, 0) is 19.3 Å². The first-order valence-corrected chi connectivity index (χ1v) is 4.04. The van der Waals surface area contributed by atoms with Crippen molar-refractivity contribution < 1.29 is 9.90 Å². The predicted molar refractivity (Wildman–Crippen MR) is 51.6 cm³/mol. The number of nitrogens with two attached hydrogens (primary N) is 1. The van der Waals surface area contributed by atoms with Gasteiger partial charge >= 0.3 is 5.97 Å². The fraction of sp³-hybridized carbons (Fsp3) is 0.875. The van der Waals surface area contributed by atoms with Crippen LogP contribution in [0.2, 0.25) is 0 Å². The molecule has 0 aromatic rings. The molecule has 0 amide bonds. The van der Waals surface area contributed by atoms with Crippen molar-refractivity contribution in [1.82, 2.24) is 0 Å². The Kier molecular flexibility index (Phi) is 7.44. The van der Waals surface area contributed by atoms with Crippen LogP contribution in [0.5, 0.6) is 0 Å².